The molecule has 0 saturated carbocycles. The van der Waals surface area contributed by atoms with Gasteiger partial charge in [-0.2, -0.15) is 0 Å². The number of rotatable bonds is 2. The van der Waals surface area contributed by atoms with E-state index in [1.807, 2.05) is 6.92 Å². The molecule has 0 bridgehead atoms. The van der Waals surface area contributed by atoms with E-state index < -0.39 is 6.10 Å². The molecule has 68 valence electrons. The minimum absolute atomic E-state index is 0.0941. The second-order valence-electron chi connectivity index (χ2n) is 3.08. The molecule has 0 amide bonds. The molecule has 0 fully saturated rings. The first kappa shape index (κ1) is 9.06. The average Bonchev–Trinajstić information content (AvgIpc) is 2.32. The van der Waals surface area contributed by atoms with Crippen molar-refractivity contribution in [3.05, 3.63) is 22.9 Å². The standard InChI is InChI=1S/C8H14N2O2/c1-6(7(2)11)10-5-4-9(3)8(10)12/h4-7,11H,1-3H3. The van der Waals surface area contributed by atoms with Crippen molar-refractivity contribution < 1.29 is 5.11 Å². The van der Waals surface area contributed by atoms with Gasteiger partial charge in [0.1, 0.15) is 0 Å². The van der Waals surface area contributed by atoms with E-state index in [1.54, 1.807) is 26.4 Å². The summed E-state index contributed by atoms with van der Waals surface area (Å²) in [6.45, 7) is 3.48. The Hall–Kier alpha value is -1.03. The molecule has 1 heterocycles. The zero-order valence-corrected chi connectivity index (χ0v) is 7.56. The van der Waals surface area contributed by atoms with Crippen molar-refractivity contribution in [3.63, 3.8) is 0 Å². The maximum absolute atomic E-state index is 11.3. The predicted octanol–water partition coefficient (Wildman–Crippen LogP) is 0.129. The zero-order chi connectivity index (χ0) is 9.30. The first-order valence-corrected chi connectivity index (χ1v) is 3.95. The topological polar surface area (TPSA) is 47.2 Å². The van der Waals surface area contributed by atoms with Crippen LogP contribution >= 0.6 is 0 Å². The van der Waals surface area contributed by atoms with Crippen LogP contribution in [0.1, 0.15) is 19.9 Å². The summed E-state index contributed by atoms with van der Waals surface area (Å²) >= 11 is 0. The lowest BCUT2D eigenvalue weighted by Crippen LogP contribution is -2.29. The van der Waals surface area contributed by atoms with Crippen molar-refractivity contribution >= 4 is 0 Å². The lowest BCUT2D eigenvalue weighted by atomic mass is 10.2. The van der Waals surface area contributed by atoms with Gasteiger partial charge in [0, 0.05) is 19.4 Å². The van der Waals surface area contributed by atoms with Gasteiger partial charge in [-0.05, 0) is 13.8 Å². The first-order valence-electron chi connectivity index (χ1n) is 3.95. The van der Waals surface area contributed by atoms with E-state index in [1.165, 1.54) is 9.13 Å². The Bertz CT molecular complexity index is 311. The Kier molecular flexibility index (Phi) is 2.38. The molecule has 0 radical (unpaired) electrons. The summed E-state index contributed by atoms with van der Waals surface area (Å²) < 4.78 is 3.00. The predicted molar refractivity (Wildman–Crippen MR) is 46.1 cm³/mol. The van der Waals surface area contributed by atoms with E-state index >= 15 is 0 Å². The van der Waals surface area contributed by atoms with Crippen molar-refractivity contribution in [1.29, 1.82) is 0 Å². The number of aromatic nitrogens is 2. The number of aliphatic hydroxyl groups excluding tert-OH is 1. The number of hydrogen-bond acceptors (Lipinski definition) is 2. The van der Waals surface area contributed by atoms with Crippen molar-refractivity contribution in [2.75, 3.05) is 0 Å². The van der Waals surface area contributed by atoms with E-state index in [9.17, 15) is 9.90 Å². The van der Waals surface area contributed by atoms with Crippen LogP contribution in [0, 0.1) is 0 Å². The average molecular weight is 170 g/mol. The fourth-order valence-electron chi connectivity index (χ4n) is 1.02. The molecule has 2 unspecified atom stereocenters. The third-order valence-electron chi connectivity index (χ3n) is 2.11. The lowest BCUT2D eigenvalue weighted by Gasteiger charge is -2.14. The Morgan fingerprint density at radius 3 is 2.33 bits per heavy atom. The molecular weight excluding hydrogens is 156 g/mol. The summed E-state index contributed by atoms with van der Waals surface area (Å²) in [7, 11) is 1.69. The fourth-order valence-corrected chi connectivity index (χ4v) is 1.02. The molecule has 0 aliphatic rings. The highest BCUT2D eigenvalue weighted by Gasteiger charge is 2.12. The van der Waals surface area contributed by atoms with Gasteiger partial charge in [-0.3, -0.25) is 4.57 Å². The molecule has 1 N–H and O–H groups in total. The molecule has 0 aliphatic heterocycles. The van der Waals surface area contributed by atoms with E-state index in [2.05, 4.69) is 0 Å². The van der Waals surface area contributed by atoms with Crippen molar-refractivity contribution in [2.24, 2.45) is 7.05 Å². The summed E-state index contributed by atoms with van der Waals surface area (Å²) in [6, 6.07) is -0.168. The van der Waals surface area contributed by atoms with Crippen LogP contribution in [-0.4, -0.2) is 20.3 Å². The largest absolute Gasteiger partial charge is 0.391 e. The molecule has 0 aliphatic carbocycles. The summed E-state index contributed by atoms with van der Waals surface area (Å²) in [5.74, 6) is 0. The smallest absolute Gasteiger partial charge is 0.328 e. The van der Waals surface area contributed by atoms with Crippen LogP contribution in [-0.2, 0) is 7.05 Å². The van der Waals surface area contributed by atoms with Crippen LogP contribution in [0.2, 0.25) is 0 Å². The van der Waals surface area contributed by atoms with Gasteiger partial charge in [0.15, 0.2) is 0 Å². The van der Waals surface area contributed by atoms with Gasteiger partial charge in [0.25, 0.3) is 0 Å². The van der Waals surface area contributed by atoms with Crippen LogP contribution in [0.5, 0.6) is 0 Å². The highest BCUT2D eigenvalue weighted by molar-refractivity contribution is 4.84. The second-order valence-corrected chi connectivity index (χ2v) is 3.08. The van der Waals surface area contributed by atoms with E-state index in [0.29, 0.717) is 0 Å². The van der Waals surface area contributed by atoms with Crippen molar-refractivity contribution in [3.8, 4) is 0 Å². The molecule has 4 nitrogen and oxygen atoms in total. The molecule has 0 saturated heterocycles. The number of aryl methyl sites for hydroxylation is 1. The van der Waals surface area contributed by atoms with Gasteiger partial charge in [0.2, 0.25) is 0 Å². The molecule has 4 heteroatoms. The van der Waals surface area contributed by atoms with Crippen LogP contribution in [0.4, 0.5) is 0 Å². The Balaban J connectivity index is 3.04. The van der Waals surface area contributed by atoms with Gasteiger partial charge in [-0.1, -0.05) is 0 Å². The molecule has 2 atom stereocenters. The molecule has 1 aromatic rings. The number of hydrogen-bond donors (Lipinski definition) is 1. The zero-order valence-electron chi connectivity index (χ0n) is 7.56. The summed E-state index contributed by atoms with van der Waals surface area (Å²) in [5, 5.41) is 9.24. The van der Waals surface area contributed by atoms with Gasteiger partial charge >= 0.3 is 5.69 Å². The highest BCUT2D eigenvalue weighted by Crippen LogP contribution is 2.06. The maximum atomic E-state index is 11.3. The van der Waals surface area contributed by atoms with Crippen LogP contribution in [0.15, 0.2) is 17.2 Å². The van der Waals surface area contributed by atoms with Gasteiger partial charge in [-0.15, -0.1) is 0 Å². The summed E-state index contributed by atoms with van der Waals surface area (Å²) in [5.41, 5.74) is -0.0941. The Morgan fingerprint density at radius 2 is 2.00 bits per heavy atom. The first-order chi connectivity index (χ1) is 5.54. The number of aliphatic hydroxyl groups is 1. The van der Waals surface area contributed by atoms with Crippen LogP contribution < -0.4 is 5.69 Å². The van der Waals surface area contributed by atoms with Crippen LogP contribution in [0.3, 0.4) is 0 Å². The highest BCUT2D eigenvalue weighted by atomic mass is 16.3. The third-order valence-corrected chi connectivity index (χ3v) is 2.11. The van der Waals surface area contributed by atoms with Crippen LogP contribution in [0.25, 0.3) is 0 Å². The van der Waals surface area contributed by atoms with Crippen molar-refractivity contribution in [2.45, 2.75) is 26.0 Å². The fraction of sp³-hybridized carbons (Fsp3) is 0.625. The van der Waals surface area contributed by atoms with E-state index in [0.717, 1.165) is 0 Å². The normalized spacial score (nSPS) is 16.0. The number of nitrogens with zero attached hydrogens (tertiary/aromatic N) is 2. The van der Waals surface area contributed by atoms with Gasteiger partial charge in [0.05, 0.1) is 12.1 Å². The molecule has 12 heavy (non-hydrogen) atoms. The van der Waals surface area contributed by atoms with Gasteiger partial charge < -0.3 is 9.67 Å². The minimum Gasteiger partial charge on any atom is -0.391 e. The molecular formula is C8H14N2O2. The minimum atomic E-state index is -0.509. The monoisotopic (exact) mass is 170 g/mol. The Labute approximate surface area is 71.1 Å². The third kappa shape index (κ3) is 1.43. The van der Waals surface area contributed by atoms with E-state index in [4.69, 9.17) is 0 Å². The van der Waals surface area contributed by atoms with Crippen molar-refractivity contribution in [1.82, 2.24) is 9.13 Å². The summed E-state index contributed by atoms with van der Waals surface area (Å²) in [4.78, 5) is 11.3. The molecule has 1 aromatic heterocycles. The maximum Gasteiger partial charge on any atom is 0.328 e. The quantitative estimate of drug-likeness (QED) is 0.685. The molecule has 0 aromatic carbocycles. The van der Waals surface area contributed by atoms with E-state index in [-0.39, 0.29) is 11.7 Å². The SMILES string of the molecule is CC(O)C(C)n1ccn(C)c1=O. The Morgan fingerprint density at radius 1 is 1.42 bits per heavy atom. The van der Waals surface area contributed by atoms with Gasteiger partial charge in [-0.25, -0.2) is 4.79 Å². The molecule has 0 spiro atoms. The molecule has 1 rings (SSSR count). The lowest BCUT2D eigenvalue weighted by molar-refractivity contribution is 0.137. The summed E-state index contributed by atoms with van der Waals surface area (Å²) in [6.07, 6.45) is 2.85. The number of imidazole rings is 1. The second kappa shape index (κ2) is 3.15.